The largest absolute Gasteiger partial charge is 0.345 e. The lowest BCUT2D eigenvalue weighted by molar-refractivity contribution is 0.202. The van der Waals surface area contributed by atoms with Crippen molar-refractivity contribution in [2.75, 3.05) is 31.1 Å². The monoisotopic (exact) mass is 450 g/mol. The van der Waals surface area contributed by atoms with Gasteiger partial charge in [0.2, 0.25) is 0 Å². The molecule has 2 aliphatic heterocycles. The van der Waals surface area contributed by atoms with Gasteiger partial charge in [0.25, 0.3) is 0 Å². The molecule has 1 N–H and O–H groups in total. The maximum Gasteiger partial charge on any atom is 0.143 e. The van der Waals surface area contributed by atoms with E-state index in [2.05, 4.69) is 59.8 Å². The van der Waals surface area contributed by atoms with Crippen LogP contribution < -0.4 is 10.2 Å². The molecule has 0 bridgehead atoms. The first kappa shape index (κ1) is 19.1. The van der Waals surface area contributed by atoms with E-state index in [0.29, 0.717) is 6.04 Å². The Labute approximate surface area is 172 Å². The highest BCUT2D eigenvalue weighted by atomic mass is 79.9. The number of anilines is 1. The number of likely N-dealkylation sites (tertiary alicyclic amines) is 1. The Balaban J connectivity index is 1.22. The lowest BCUT2D eigenvalue weighted by Crippen LogP contribution is -2.44. The number of halogens is 2. The number of allylic oxidation sites excluding steroid dienone is 1. The second kappa shape index (κ2) is 8.82. The van der Waals surface area contributed by atoms with Crippen LogP contribution in [0.2, 0.25) is 0 Å². The van der Waals surface area contributed by atoms with Gasteiger partial charge in [-0.3, -0.25) is 4.98 Å². The highest BCUT2D eigenvalue weighted by Crippen LogP contribution is 2.25. The first-order valence-corrected chi connectivity index (χ1v) is 11.1. The molecule has 0 aliphatic carbocycles. The molecule has 4 rings (SSSR count). The van der Waals surface area contributed by atoms with Crippen molar-refractivity contribution < 1.29 is 4.39 Å². The quantitative estimate of drug-likeness (QED) is 0.715. The Morgan fingerprint density at radius 1 is 1.26 bits per heavy atom. The molecule has 2 aromatic rings. The molecule has 4 nitrogen and oxygen atoms in total. The summed E-state index contributed by atoms with van der Waals surface area (Å²) in [5.41, 5.74) is 1.87. The fraction of sp³-hybridized carbons (Fsp3) is 0.450. The van der Waals surface area contributed by atoms with Crippen molar-refractivity contribution in [2.45, 2.75) is 31.8 Å². The van der Waals surface area contributed by atoms with Crippen LogP contribution in [0.5, 0.6) is 0 Å². The second-order valence-corrected chi connectivity index (χ2v) is 9.04. The van der Waals surface area contributed by atoms with E-state index in [1.54, 1.807) is 17.4 Å². The molecule has 0 saturated carbocycles. The highest BCUT2D eigenvalue weighted by Gasteiger charge is 2.20. The van der Waals surface area contributed by atoms with Gasteiger partial charge in [0.1, 0.15) is 5.82 Å². The van der Waals surface area contributed by atoms with Crippen LogP contribution in [-0.4, -0.2) is 42.1 Å². The number of piperidine rings is 1. The summed E-state index contributed by atoms with van der Waals surface area (Å²) in [4.78, 5) is 10.2. The van der Waals surface area contributed by atoms with Gasteiger partial charge in [-0.1, -0.05) is 6.08 Å². The number of hydrogen-bond acceptors (Lipinski definition) is 5. The van der Waals surface area contributed by atoms with Gasteiger partial charge in [-0.25, -0.2) is 4.39 Å². The molecule has 2 aliphatic rings. The summed E-state index contributed by atoms with van der Waals surface area (Å²) in [5.74, 6) is -0.265. The van der Waals surface area contributed by atoms with Gasteiger partial charge in [-0.05, 0) is 47.9 Å². The third-order valence-electron chi connectivity index (χ3n) is 5.25. The Morgan fingerprint density at radius 2 is 2.11 bits per heavy atom. The molecule has 1 fully saturated rings. The molecule has 2 aromatic heterocycles. The van der Waals surface area contributed by atoms with E-state index in [9.17, 15) is 4.39 Å². The molecule has 0 aromatic carbocycles. The summed E-state index contributed by atoms with van der Waals surface area (Å²) in [5, 5.41) is 5.82. The van der Waals surface area contributed by atoms with Gasteiger partial charge in [0.15, 0.2) is 0 Å². The van der Waals surface area contributed by atoms with Crippen LogP contribution in [0.3, 0.4) is 0 Å². The Bertz CT molecular complexity index is 801. The van der Waals surface area contributed by atoms with Crippen molar-refractivity contribution in [1.82, 2.24) is 15.2 Å². The Kier molecular flexibility index (Phi) is 6.22. The van der Waals surface area contributed by atoms with E-state index in [1.807, 2.05) is 0 Å². The number of nitrogens with zero attached hydrogens (tertiary/aromatic N) is 3. The summed E-state index contributed by atoms with van der Waals surface area (Å²) >= 11 is 5.31. The number of rotatable bonds is 6. The molecule has 7 heteroatoms. The number of hydrogen-bond donors (Lipinski definition) is 1. The van der Waals surface area contributed by atoms with Crippen LogP contribution in [0, 0.1) is 5.82 Å². The zero-order valence-electron chi connectivity index (χ0n) is 15.2. The van der Waals surface area contributed by atoms with E-state index in [1.165, 1.54) is 28.4 Å². The van der Waals surface area contributed by atoms with Gasteiger partial charge in [0.05, 0.1) is 17.6 Å². The van der Waals surface area contributed by atoms with Gasteiger partial charge < -0.3 is 15.1 Å². The first-order valence-electron chi connectivity index (χ1n) is 9.44. The average Bonchev–Trinajstić information content (AvgIpc) is 3.11. The molecule has 27 heavy (non-hydrogen) atoms. The van der Waals surface area contributed by atoms with Gasteiger partial charge >= 0.3 is 0 Å². The van der Waals surface area contributed by atoms with Crippen LogP contribution in [-0.2, 0) is 13.0 Å². The molecule has 0 spiro atoms. The zero-order chi connectivity index (χ0) is 18.6. The molecular weight excluding hydrogens is 427 g/mol. The lowest BCUT2D eigenvalue weighted by atomic mass is 10.0. The number of aromatic nitrogens is 1. The predicted molar refractivity (Wildman–Crippen MR) is 113 cm³/mol. The summed E-state index contributed by atoms with van der Waals surface area (Å²) in [6.07, 6.45) is 8.61. The van der Waals surface area contributed by atoms with Crippen LogP contribution in [0.25, 0.3) is 0 Å². The first-order chi connectivity index (χ1) is 13.2. The van der Waals surface area contributed by atoms with Crippen molar-refractivity contribution in [3.8, 4) is 0 Å². The summed E-state index contributed by atoms with van der Waals surface area (Å²) in [7, 11) is 0. The summed E-state index contributed by atoms with van der Waals surface area (Å²) < 4.78 is 14.7. The standard InChI is InChI=1S/C20H24BrFN4S/c21-15-10-18(27-14-15)13-23-17-3-6-25(7-4-17)8-9-26-5-1-2-19-20(26)11-16(22)12-24-19/h1,5,10-12,14,17,23H,2-4,6-9,13H2. The maximum atomic E-state index is 13.6. The second-order valence-electron chi connectivity index (χ2n) is 7.13. The van der Waals surface area contributed by atoms with Crippen molar-refractivity contribution in [3.05, 3.63) is 56.8 Å². The predicted octanol–water partition coefficient (Wildman–Crippen LogP) is 4.18. The molecular formula is C20H24BrFN4S. The molecule has 1 saturated heterocycles. The molecule has 0 radical (unpaired) electrons. The van der Waals surface area contributed by atoms with Crippen LogP contribution in [0.15, 0.2) is 40.5 Å². The molecule has 0 atom stereocenters. The van der Waals surface area contributed by atoms with Crippen LogP contribution >= 0.6 is 27.3 Å². The molecule has 0 unspecified atom stereocenters. The number of nitrogens with one attached hydrogen (secondary N) is 1. The number of fused-ring (bicyclic) bond motifs is 1. The minimum atomic E-state index is -0.265. The van der Waals surface area contributed by atoms with E-state index in [0.717, 1.165) is 50.5 Å². The smallest absolute Gasteiger partial charge is 0.143 e. The van der Waals surface area contributed by atoms with Crippen molar-refractivity contribution in [2.24, 2.45) is 0 Å². The van der Waals surface area contributed by atoms with Gasteiger partial charge in [-0.15, -0.1) is 11.3 Å². The lowest BCUT2D eigenvalue weighted by Gasteiger charge is -2.34. The van der Waals surface area contributed by atoms with Crippen LogP contribution in [0.4, 0.5) is 10.1 Å². The minimum Gasteiger partial charge on any atom is -0.345 e. The topological polar surface area (TPSA) is 31.4 Å². The fourth-order valence-electron chi connectivity index (χ4n) is 3.73. The fourth-order valence-corrected chi connectivity index (χ4v) is 5.13. The van der Waals surface area contributed by atoms with E-state index in [4.69, 9.17) is 0 Å². The van der Waals surface area contributed by atoms with Crippen molar-refractivity contribution >= 4 is 33.0 Å². The van der Waals surface area contributed by atoms with Gasteiger partial charge in [0, 0.05) is 59.1 Å². The molecule has 0 amide bonds. The highest BCUT2D eigenvalue weighted by molar-refractivity contribution is 9.10. The van der Waals surface area contributed by atoms with Gasteiger partial charge in [-0.2, -0.15) is 0 Å². The number of thiophene rings is 1. The third-order valence-corrected chi connectivity index (χ3v) is 6.95. The zero-order valence-corrected chi connectivity index (χ0v) is 17.6. The van der Waals surface area contributed by atoms with Crippen LogP contribution in [0.1, 0.15) is 23.4 Å². The van der Waals surface area contributed by atoms with E-state index in [-0.39, 0.29) is 5.82 Å². The molecule has 4 heterocycles. The normalized spacial score (nSPS) is 18.1. The summed E-state index contributed by atoms with van der Waals surface area (Å²) in [6.45, 7) is 5.03. The SMILES string of the molecule is Fc1cnc2c(c1)N(CCN1CCC(NCc3cc(Br)cs3)CC1)C=CC2. The average molecular weight is 451 g/mol. The Morgan fingerprint density at radius 3 is 2.89 bits per heavy atom. The molecule has 144 valence electrons. The summed E-state index contributed by atoms with van der Waals surface area (Å²) in [6, 6.07) is 4.38. The van der Waals surface area contributed by atoms with E-state index >= 15 is 0 Å². The van der Waals surface area contributed by atoms with Crippen molar-refractivity contribution in [1.29, 1.82) is 0 Å². The van der Waals surface area contributed by atoms with E-state index < -0.39 is 0 Å². The van der Waals surface area contributed by atoms with Crippen molar-refractivity contribution in [3.63, 3.8) is 0 Å². The minimum absolute atomic E-state index is 0.265. The number of pyridine rings is 1. The Hall–Kier alpha value is -1.28. The third kappa shape index (κ3) is 4.96. The maximum absolute atomic E-state index is 13.6.